The predicted octanol–water partition coefficient (Wildman–Crippen LogP) is 3.77. The lowest BCUT2D eigenvalue weighted by atomic mass is 9.83. The van der Waals surface area contributed by atoms with Crippen LogP contribution in [0.5, 0.6) is 0 Å². The predicted molar refractivity (Wildman–Crippen MR) is 76.3 cm³/mol. The van der Waals surface area contributed by atoms with Gasteiger partial charge in [-0.15, -0.1) is 0 Å². The largest absolute Gasteiger partial charge is 0.328 e. The van der Waals surface area contributed by atoms with Crippen molar-refractivity contribution in [2.45, 2.75) is 51.0 Å². The third-order valence-electron chi connectivity index (χ3n) is 5.14. The Morgan fingerprint density at radius 2 is 1.94 bits per heavy atom. The molecule has 0 amide bonds. The number of benzene rings is 1. The fourth-order valence-electron chi connectivity index (χ4n) is 4.17. The Morgan fingerprint density at radius 1 is 1.11 bits per heavy atom. The summed E-state index contributed by atoms with van der Waals surface area (Å²) >= 11 is 0. The maximum absolute atomic E-state index is 6.33. The molecule has 1 aromatic carbocycles. The monoisotopic (exact) mass is 243 g/mol. The second-order valence-electron chi connectivity index (χ2n) is 6.45. The molecule has 2 fully saturated rings. The summed E-state index contributed by atoms with van der Waals surface area (Å²) in [4.78, 5) is 0. The summed E-state index contributed by atoms with van der Waals surface area (Å²) < 4.78 is 0. The van der Waals surface area contributed by atoms with Gasteiger partial charge in [0.15, 0.2) is 0 Å². The lowest BCUT2D eigenvalue weighted by Crippen LogP contribution is -2.26. The van der Waals surface area contributed by atoms with Crippen LogP contribution in [0.1, 0.15) is 44.1 Å². The van der Waals surface area contributed by atoms with E-state index in [0.29, 0.717) is 6.04 Å². The Labute approximate surface area is 111 Å². The van der Waals surface area contributed by atoms with Crippen molar-refractivity contribution in [1.82, 2.24) is 0 Å². The molecule has 1 nitrogen and oxygen atoms in total. The van der Waals surface area contributed by atoms with Gasteiger partial charge in [-0.3, -0.25) is 0 Å². The zero-order chi connectivity index (χ0) is 12.4. The molecule has 0 radical (unpaired) electrons. The van der Waals surface area contributed by atoms with E-state index in [9.17, 15) is 0 Å². The number of hydrogen-bond donors (Lipinski definition) is 1. The van der Waals surface area contributed by atoms with Gasteiger partial charge < -0.3 is 5.73 Å². The van der Waals surface area contributed by atoms with E-state index in [2.05, 4.69) is 30.3 Å². The van der Waals surface area contributed by atoms with Gasteiger partial charge in [0.05, 0.1) is 0 Å². The Bertz CT molecular complexity index is 372. The van der Waals surface area contributed by atoms with Crippen molar-refractivity contribution in [2.75, 3.05) is 0 Å². The zero-order valence-corrected chi connectivity index (χ0v) is 11.2. The Hall–Kier alpha value is -0.820. The highest BCUT2D eigenvalue weighted by atomic mass is 14.6. The number of hydrogen-bond acceptors (Lipinski definition) is 1. The molecule has 2 bridgehead atoms. The van der Waals surface area contributed by atoms with Crippen molar-refractivity contribution in [3.63, 3.8) is 0 Å². The van der Waals surface area contributed by atoms with Crippen LogP contribution < -0.4 is 5.73 Å². The van der Waals surface area contributed by atoms with E-state index in [-0.39, 0.29) is 0 Å². The molecule has 2 aliphatic carbocycles. The summed E-state index contributed by atoms with van der Waals surface area (Å²) in [6.07, 6.45) is 9.54. The summed E-state index contributed by atoms with van der Waals surface area (Å²) in [5.41, 5.74) is 7.76. The number of nitrogens with two attached hydrogens (primary N) is 1. The van der Waals surface area contributed by atoms with Crippen LogP contribution in [0.25, 0.3) is 0 Å². The van der Waals surface area contributed by atoms with Gasteiger partial charge in [-0.1, -0.05) is 36.8 Å². The fraction of sp³-hybridized carbons (Fsp3) is 0.647. The highest BCUT2D eigenvalue weighted by Crippen LogP contribution is 2.49. The van der Waals surface area contributed by atoms with Gasteiger partial charge in [-0.05, 0) is 61.8 Å². The Kier molecular flexibility index (Phi) is 3.69. The standard InChI is InChI=1S/C17H25N/c18-17(9-7-13-4-2-1-3-5-13)12-16-11-14-6-8-15(16)10-14/h1-5,14-17H,6-12,18H2. The summed E-state index contributed by atoms with van der Waals surface area (Å²) in [5.74, 6) is 3.04. The fourth-order valence-corrected chi connectivity index (χ4v) is 4.17. The van der Waals surface area contributed by atoms with E-state index in [1.807, 2.05) is 0 Å². The van der Waals surface area contributed by atoms with Crippen molar-refractivity contribution < 1.29 is 0 Å². The van der Waals surface area contributed by atoms with Crippen molar-refractivity contribution in [3.8, 4) is 0 Å². The van der Waals surface area contributed by atoms with Crippen LogP contribution in [0.3, 0.4) is 0 Å². The molecular formula is C17H25N. The second-order valence-corrected chi connectivity index (χ2v) is 6.45. The van der Waals surface area contributed by atoms with Crippen molar-refractivity contribution in [2.24, 2.45) is 23.5 Å². The first-order chi connectivity index (χ1) is 8.81. The quantitative estimate of drug-likeness (QED) is 0.837. The molecule has 2 saturated carbocycles. The summed E-state index contributed by atoms with van der Waals surface area (Å²) in [6.45, 7) is 0. The van der Waals surface area contributed by atoms with Crippen molar-refractivity contribution >= 4 is 0 Å². The molecule has 0 aromatic heterocycles. The molecule has 1 heteroatoms. The van der Waals surface area contributed by atoms with E-state index >= 15 is 0 Å². The average molecular weight is 243 g/mol. The molecule has 18 heavy (non-hydrogen) atoms. The van der Waals surface area contributed by atoms with E-state index < -0.39 is 0 Å². The second kappa shape index (κ2) is 5.44. The minimum absolute atomic E-state index is 0.412. The molecule has 1 aromatic rings. The van der Waals surface area contributed by atoms with E-state index in [1.54, 1.807) is 0 Å². The minimum atomic E-state index is 0.412. The molecule has 98 valence electrons. The lowest BCUT2D eigenvalue weighted by molar-refractivity contribution is 0.290. The topological polar surface area (TPSA) is 26.0 Å². The number of rotatable bonds is 5. The van der Waals surface area contributed by atoms with Crippen LogP contribution in [-0.4, -0.2) is 6.04 Å². The Balaban J connectivity index is 1.43. The van der Waals surface area contributed by atoms with Crippen LogP contribution in [-0.2, 0) is 6.42 Å². The van der Waals surface area contributed by atoms with Gasteiger partial charge in [0.1, 0.15) is 0 Å². The molecule has 2 aliphatic rings. The third kappa shape index (κ3) is 2.77. The molecule has 0 aliphatic heterocycles. The molecule has 3 rings (SSSR count). The lowest BCUT2D eigenvalue weighted by Gasteiger charge is -2.24. The maximum Gasteiger partial charge on any atom is 0.00447 e. The summed E-state index contributed by atoms with van der Waals surface area (Å²) in [7, 11) is 0. The maximum atomic E-state index is 6.33. The Morgan fingerprint density at radius 3 is 2.61 bits per heavy atom. The molecule has 2 N–H and O–H groups in total. The van der Waals surface area contributed by atoms with Gasteiger partial charge in [-0.25, -0.2) is 0 Å². The molecule has 4 atom stereocenters. The highest BCUT2D eigenvalue weighted by Gasteiger charge is 2.39. The van der Waals surface area contributed by atoms with Crippen LogP contribution in [0.15, 0.2) is 30.3 Å². The van der Waals surface area contributed by atoms with Crippen molar-refractivity contribution in [1.29, 1.82) is 0 Å². The first kappa shape index (κ1) is 12.2. The number of fused-ring (bicyclic) bond motifs is 2. The van der Waals surface area contributed by atoms with Gasteiger partial charge in [-0.2, -0.15) is 0 Å². The van der Waals surface area contributed by atoms with Crippen LogP contribution in [0.2, 0.25) is 0 Å². The van der Waals surface area contributed by atoms with Crippen molar-refractivity contribution in [3.05, 3.63) is 35.9 Å². The summed E-state index contributed by atoms with van der Waals surface area (Å²) in [5, 5.41) is 0. The molecule has 0 saturated heterocycles. The van der Waals surface area contributed by atoms with E-state index in [0.717, 1.165) is 30.6 Å². The smallest absolute Gasteiger partial charge is 0.00447 e. The summed E-state index contributed by atoms with van der Waals surface area (Å²) in [6, 6.07) is 11.2. The SMILES string of the molecule is NC(CCc1ccccc1)CC1CC2CCC1C2. The zero-order valence-electron chi connectivity index (χ0n) is 11.2. The van der Waals surface area contributed by atoms with Crippen LogP contribution in [0.4, 0.5) is 0 Å². The normalized spacial score (nSPS) is 31.7. The first-order valence-electron chi connectivity index (χ1n) is 7.61. The number of aryl methyl sites for hydroxylation is 1. The minimum Gasteiger partial charge on any atom is -0.328 e. The molecule has 0 heterocycles. The van der Waals surface area contributed by atoms with Crippen LogP contribution >= 0.6 is 0 Å². The molecule has 0 spiro atoms. The third-order valence-corrected chi connectivity index (χ3v) is 5.14. The van der Waals surface area contributed by atoms with Gasteiger partial charge in [0.25, 0.3) is 0 Å². The van der Waals surface area contributed by atoms with E-state index in [1.165, 1.54) is 37.7 Å². The van der Waals surface area contributed by atoms with Gasteiger partial charge >= 0.3 is 0 Å². The molecular weight excluding hydrogens is 218 g/mol. The van der Waals surface area contributed by atoms with Crippen LogP contribution in [0, 0.1) is 17.8 Å². The first-order valence-corrected chi connectivity index (χ1v) is 7.61. The van der Waals surface area contributed by atoms with Gasteiger partial charge in [0, 0.05) is 6.04 Å². The van der Waals surface area contributed by atoms with Gasteiger partial charge in [0.2, 0.25) is 0 Å². The average Bonchev–Trinajstić information content (AvgIpc) is 3.00. The van der Waals surface area contributed by atoms with E-state index in [4.69, 9.17) is 5.73 Å². The molecule has 4 unspecified atom stereocenters. The highest BCUT2D eigenvalue weighted by molar-refractivity contribution is 5.14.